The van der Waals surface area contributed by atoms with E-state index in [1.54, 1.807) is 0 Å². The largest absolute Gasteiger partial charge is 0.334 e. The Balaban J connectivity index is 2.02. The van der Waals surface area contributed by atoms with Crippen LogP contribution in [0, 0.1) is 18.6 Å². The number of rotatable bonds is 2. The summed E-state index contributed by atoms with van der Waals surface area (Å²) in [5.74, 6) is -1.65. The van der Waals surface area contributed by atoms with E-state index in [0.29, 0.717) is 5.82 Å². The van der Waals surface area contributed by atoms with E-state index in [2.05, 4.69) is 10.1 Å². The summed E-state index contributed by atoms with van der Waals surface area (Å²) in [7, 11) is 0. The molecule has 1 aromatic heterocycles. The monoisotopic (exact) mass is 272 g/mol. The molecule has 0 saturated heterocycles. The maximum atomic E-state index is 13.6. The van der Waals surface area contributed by atoms with Crippen LogP contribution in [0.2, 0.25) is 0 Å². The standard InChI is InChI=1S/C15H10F2N2O/c1-9-5-7-10(8-6-9)14-18-15(20-19-14)11-3-2-4-12(16)13(11)17/h2-8H,1H3. The lowest BCUT2D eigenvalue weighted by Crippen LogP contribution is -1.89. The summed E-state index contributed by atoms with van der Waals surface area (Å²) in [6, 6.07) is 11.3. The molecule has 5 heteroatoms. The van der Waals surface area contributed by atoms with Gasteiger partial charge >= 0.3 is 0 Å². The molecule has 0 bridgehead atoms. The van der Waals surface area contributed by atoms with Crippen molar-refractivity contribution in [2.45, 2.75) is 6.92 Å². The maximum absolute atomic E-state index is 13.6. The van der Waals surface area contributed by atoms with Crippen LogP contribution >= 0.6 is 0 Å². The summed E-state index contributed by atoms with van der Waals surface area (Å²) in [6.07, 6.45) is 0. The van der Waals surface area contributed by atoms with Crippen molar-refractivity contribution >= 4 is 0 Å². The third-order valence-electron chi connectivity index (χ3n) is 2.92. The molecule has 20 heavy (non-hydrogen) atoms. The van der Waals surface area contributed by atoms with Crippen molar-refractivity contribution in [3.05, 3.63) is 59.7 Å². The van der Waals surface area contributed by atoms with E-state index >= 15 is 0 Å². The lowest BCUT2D eigenvalue weighted by molar-refractivity contribution is 0.427. The van der Waals surface area contributed by atoms with Gasteiger partial charge in [0, 0.05) is 5.56 Å². The zero-order chi connectivity index (χ0) is 14.1. The van der Waals surface area contributed by atoms with Crippen LogP contribution < -0.4 is 0 Å². The molecule has 0 radical (unpaired) electrons. The van der Waals surface area contributed by atoms with Crippen LogP contribution in [-0.4, -0.2) is 10.1 Å². The van der Waals surface area contributed by atoms with Crippen molar-refractivity contribution in [1.29, 1.82) is 0 Å². The van der Waals surface area contributed by atoms with Gasteiger partial charge in [0.1, 0.15) is 0 Å². The van der Waals surface area contributed by atoms with Gasteiger partial charge in [-0.15, -0.1) is 0 Å². The molecule has 0 fully saturated rings. The van der Waals surface area contributed by atoms with Gasteiger partial charge in [-0.25, -0.2) is 8.78 Å². The molecule has 0 spiro atoms. The highest BCUT2D eigenvalue weighted by Crippen LogP contribution is 2.25. The molecule has 0 amide bonds. The highest BCUT2D eigenvalue weighted by Gasteiger charge is 2.16. The first kappa shape index (κ1) is 12.5. The molecule has 3 nitrogen and oxygen atoms in total. The van der Waals surface area contributed by atoms with Crippen molar-refractivity contribution in [2.24, 2.45) is 0 Å². The van der Waals surface area contributed by atoms with Gasteiger partial charge in [0.25, 0.3) is 5.89 Å². The van der Waals surface area contributed by atoms with Gasteiger partial charge in [-0.05, 0) is 19.1 Å². The molecule has 3 rings (SSSR count). The number of hydrogen-bond donors (Lipinski definition) is 0. The fraction of sp³-hybridized carbons (Fsp3) is 0.0667. The number of aromatic nitrogens is 2. The predicted molar refractivity (Wildman–Crippen MR) is 69.8 cm³/mol. The summed E-state index contributed by atoms with van der Waals surface area (Å²) < 4.78 is 31.8. The molecule has 0 saturated carbocycles. The van der Waals surface area contributed by atoms with Gasteiger partial charge in [-0.1, -0.05) is 41.1 Å². The average molecular weight is 272 g/mol. The number of nitrogens with zero attached hydrogens (tertiary/aromatic N) is 2. The summed E-state index contributed by atoms with van der Waals surface area (Å²) in [5.41, 5.74) is 1.81. The van der Waals surface area contributed by atoms with Crippen LogP contribution in [-0.2, 0) is 0 Å². The normalized spacial score (nSPS) is 10.8. The van der Waals surface area contributed by atoms with Crippen LogP contribution in [0.4, 0.5) is 8.78 Å². The van der Waals surface area contributed by atoms with Gasteiger partial charge < -0.3 is 4.52 Å². The Morgan fingerprint density at radius 1 is 1.00 bits per heavy atom. The summed E-state index contributed by atoms with van der Waals surface area (Å²) >= 11 is 0. The fourth-order valence-corrected chi connectivity index (χ4v) is 1.82. The van der Waals surface area contributed by atoms with Gasteiger partial charge in [0.05, 0.1) is 5.56 Å². The molecule has 3 aromatic rings. The molecule has 0 N–H and O–H groups in total. The Morgan fingerprint density at radius 2 is 1.75 bits per heavy atom. The van der Waals surface area contributed by atoms with E-state index in [1.165, 1.54) is 12.1 Å². The first-order valence-corrected chi connectivity index (χ1v) is 6.00. The molecule has 0 aliphatic carbocycles. The molecule has 0 aliphatic heterocycles. The average Bonchev–Trinajstić information content (AvgIpc) is 2.92. The van der Waals surface area contributed by atoms with Crippen molar-refractivity contribution in [1.82, 2.24) is 10.1 Å². The molecule has 0 unspecified atom stereocenters. The van der Waals surface area contributed by atoms with Gasteiger partial charge in [-0.3, -0.25) is 0 Å². The van der Waals surface area contributed by atoms with Gasteiger partial charge in [0.2, 0.25) is 5.82 Å². The lowest BCUT2D eigenvalue weighted by atomic mass is 10.1. The molecule has 0 aliphatic rings. The van der Waals surface area contributed by atoms with Crippen molar-refractivity contribution in [2.75, 3.05) is 0 Å². The van der Waals surface area contributed by atoms with Gasteiger partial charge in [0.15, 0.2) is 11.6 Å². The van der Waals surface area contributed by atoms with Crippen LogP contribution in [0.1, 0.15) is 5.56 Å². The lowest BCUT2D eigenvalue weighted by Gasteiger charge is -1.97. The van der Waals surface area contributed by atoms with E-state index in [1.807, 2.05) is 31.2 Å². The molecular weight excluding hydrogens is 262 g/mol. The number of halogens is 2. The third-order valence-corrected chi connectivity index (χ3v) is 2.92. The van der Waals surface area contributed by atoms with Crippen molar-refractivity contribution in [3.8, 4) is 22.8 Å². The van der Waals surface area contributed by atoms with E-state index in [-0.39, 0.29) is 11.5 Å². The van der Waals surface area contributed by atoms with Crippen LogP contribution in [0.5, 0.6) is 0 Å². The molecular formula is C15H10F2N2O. The van der Waals surface area contributed by atoms with Gasteiger partial charge in [-0.2, -0.15) is 4.98 Å². The van der Waals surface area contributed by atoms with Crippen LogP contribution in [0.15, 0.2) is 47.0 Å². The summed E-state index contributed by atoms with van der Waals surface area (Å²) in [6.45, 7) is 1.97. The molecule has 2 aromatic carbocycles. The van der Waals surface area contributed by atoms with E-state index < -0.39 is 11.6 Å². The minimum atomic E-state index is -0.994. The topological polar surface area (TPSA) is 38.9 Å². The first-order chi connectivity index (χ1) is 9.65. The summed E-state index contributed by atoms with van der Waals surface area (Å²) in [5, 5.41) is 3.79. The van der Waals surface area contributed by atoms with E-state index in [9.17, 15) is 8.78 Å². The van der Waals surface area contributed by atoms with Crippen molar-refractivity contribution < 1.29 is 13.3 Å². The Morgan fingerprint density at radius 3 is 2.50 bits per heavy atom. The number of benzene rings is 2. The maximum Gasteiger partial charge on any atom is 0.261 e. The van der Waals surface area contributed by atoms with Crippen molar-refractivity contribution in [3.63, 3.8) is 0 Å². The quantitative estimate of drug-likeness (QED) is 0.708. The summed E-state index contributed by atoms with van der Waals surface area (Å²) in [4.78, 5) is 4.10. The smallest absolute Gasteiger partial charge is 0.261 e. The highest BCUT2D eigenvalue weighted by molar-refractivity contribution is 5.60. The molecule has 1 heterocycles. The zero-order valence-corrected chi connectivity index (χ0v) is 10.6. The Bertz CT molecular complexity index is 751. The van der Waals surface area contributed by atoms with Crippen LogP contribution in [0.25, 0.3) is 22.8 Å². The molecule has 100 valence electrons. The second-order valence-corrected chi connectivity index (χ2v) is 4.39. The SMILES string of the molecule is Cc1ccc(-c2noc(-c3cccc(F)c3F)n2)cc1. The number of hydrogen-bond acceptors (Lipinski definition) is 3. The number of aryl methyl sites for hydroxylation is 1. The Labute approximate surface area is 113 Å². The second-order valence-electron chi connectivity index (χ2n) is 4.39. The third kappa shape index (κ3) is 2.18. The van der Waals surface area contributed by atoms with Crippen LogP contribution in [0.3, 0.4) is 0 Å². The highest BCUT2D eigenvalue weighted by atomic mass is 19.2. The van der Waals surface area contributed by atoms with E-state index in [4.69, 9.17) is 4.52 Å². The van der Waals surface area contributed by atoms with E-state index in [0.717, 1.165) is 17.2 Å². The predicted octanol–water partition coefficient (Wildman–Crippen LogP) is 3.99. The zero-order valence-electron chi connectivity index (χ0n) is 10.6. The first-order valence-electron chi connectivity index (χ1n) is 6.00. The second kappa shape index (κ2) is 4.85. The Hall–Kier alpha value is -2.56. The minimum Gasteiger partial charge on any atom is -0.334 e. The molecule has 0 atom stereocenters. The Kier molecular flexibility index (Phi) is 3.02. The fourth-order valence-electron chi connectivity index (χ4n) is 1.82. The minimum absolute atomic E-state index is 0.0439.